The zero-order valence-corrected chi connectivity index (χ0v) is 9.80. The lowest BCUT2D eigenvalue weighted by Gasteiger charge is -2.27. The summed E-state index contributed by atoms with van der Waals surface area (Å²) in [6, 6.07) is 6.50. The molecule has 1 saturated heterocycles. The molecule has 1 aliphatic heterocycles. The van der Waals surface area contributed by atoms with Crippen LogP contribution in [0.2, 0.25) is 0 Å². The van der Waals surface area contributed by atoms with E-state index in [9.17, 15) is 9.59 Å². The van der Waals surface area contributed by atoms with E-state index < -0.39 is 6.04 Å². The van der Waals surface area contributed by atoms with Gasteiger partial charge in [-0.25, -0.2) is 0 Å². The van der Waals surface area contributed by atoms with E-state index in [-0.39, 0.29) is 31.5 Å². The molecule has 0 aliphatic carbocycles. The molecule has 2 amide bonds. The van der Waals surface area contributed by atoms with Gasteiger partial charge in [-0.1, -0.05) is 12.1 Å². The van der Waals surface area contributed by atoms with Gasteiger partial charge in [-0.3, -0.25) is 9.59 Å². The average molecular weight is 249 g/mol. The van der Waals surface area contributed by atoms with Gasteiger partial charge in [0.2, 0.25) is 11.8 Å². The first-order valence-corrected chi connectivity index (χ1v) is 5.65. The molecule has 96 valence electrons. The second-order valence-electron chi connectivity index (χ2n) is 4.14. The van der Waals surface area contributed by atoms with Crippen LogP contribution in [-0.2, 0) is 9.59 Å². The monoisotopic (exact) mass is 249 g/mol. The van der Waals surface area contributed by atoms with Gasteiger partial charge in [0.25, 0.3) is 0 Å². The number of aliphatic hydroxyl groups is 1. The summed E-state index contributed by atoms with van der Waals surface area (Å²) >= 11 is 0. The number of nitrogens with one attached hydrogen (secondary N) is 1. The normalized spacial score (nSPS) is 17.6. The number of hydrogen-bond donors (Lipinski definition) is 3. The molecule has 0 spiro atoms. The van der Waals surface area contributed by atoms with Crippen molar-refractivity contribution in [2.45, 2.75) is 6.04 Å². The molecule has 1 aromatic carbocycles. The fourth-order valence-electron chi connectivity index (χ4n) is 1.82. The first kappa shape index (κ1) is 12.5. The quantitative estimate of drug-likeness (QED) is 0.649. The predicted octanol–water partition coefficient (Wildman–Crippen LogP) is -0.859. The van der Waals surface area contributed by atoms with Crippen LogP contribution in [0.3, 0.4) is 0 Å². The number of piperazine rings is 1. The number of nitrogens with two attached hydrogens (primary N) is 1. The Morgan fingerprint density at radius 2 is 2.22 bits per heavy atom. The lowest BCUT2D eigenvalue weighted by molar-refractivity contribution is -0.128. The zero-order valence-electron chi connectivity index (χ0n) is 9.80. The molecular weight excluding hydrogens is 234 g/mol. The highest BCUT2D eigenvalue weighted by atomic mass is 16.3. The lowest BCUT2D eigenvalue weighted by Crippen LogP contribution is -2.51. The molecule has 1 atom stereocenters. The molecule has 1 heterocycles. The summed E-state index contributed by atoms with van der Waals surface area (Å²) in [6.07, 6.45) is 0. The second-order valence-corrected chi connectivity index (χ2v) is 4.14. The van der Waals surface area contributed by atoms with Crippen LogP contribution in [0.25, 0.3) is 0 Å². The summed E-state index contributed by atoms with van der Waals surface area (Å²) in [7, 11) is 0. The second kappa shape index (κ2) is 5.16. The molecular formula is C12H15N3O3. The third kappa shape index (κ3) is 2.49. The molecule has 6 nitrogen and oxygen atoms in total. The Kier molecular flexibility index (Phi) is 3.59. The fraction of sp³-hybridized carbons (Fsp3) is 0.333. The maximum atomic E-state index is 11.7. The zero-order chi connectivity index (χ0) is 13.1. The van der Waals surface area contributed by atoms with Crippen LogP contribution < -0.4 is 16.0 Å². The van der Waals surface area contributed by atoms with Gasteiger partial charge in [0.05, 0.1) is 19.2 Å². The summed E-state index contributed by atoms with van der Waals surface area (Å²) in [5.74, 6) is -0.351. The van der Waals surface area contributed by atoms with Gasteiger partial charge >= 0.3 is 0 Å². The first-order valence-electron chi connectivity index (χ1n) is 5.65. The lowest BCUT2D eigenvalue weighted by atomic mass is 10.1. The number of carbonyl (C=O) groups excluding carboxylic acids is 2. The van der Waals surface area contributed by atoms with Crippen LogP contribution in [0.5, 0.6) is 0 Å². The molecule has 1 fully saturated rings. The Balaban J connectivity index is 2.27. The summed E-state index contributed by atoms with van der Waals surface area (Å²) in [5, 5.41) is 11.5. The van der Waals surface area contributed by atoms with Gasteiger partial charge in [0, 0.05) is 5.69 Å². The first-order chi connectivity index (χ1) is 8.61. The van der Waals surface area contributed by atoms with E-state index in [0.717, 1.165) is 5.56 Å². The Labute approximate surface area is 104 Å². The minimum Gasteiger partial charge on any atom is -0.394 e. The number of benzene rings is 1. The number of nitrogens with zero attached hydrogens (tertiary/aromatic N) is 1. The van der Waals surface area contributed by atoms with Crippen LogP contribution in [0.4, 0.5) is 5.69 Å². The summed E-state index contributed by atoms with van der Waals surface area (Å²) in [6.45, 7) is -0.149. The third-order valence-electron chi connectivity index (χ3n) is 2.85. The van der Waals surface area contributed by atoms with E-state index in [0.29, 0.717) is 5.69 Å². The molecule has 1 aliphatic rings. The maximum absolute atomic E-state index is 11.7. The molecule has 0 saturated carbocycles. The van der Waals surface area contributed by atoms with E-state index in [1.54, 1.807) is 24.3 Å². The average Bonchev–Trinajstić information content (AvgIpc) is 2.40. The number of anilines is 1. The van der Waals surface area contributed by atoms with Gasteiger partial charge in [-0.05, 0) is 17.7 Å². The van der Waals surface area contributed by atoms with E-state index in [4.69, 9.17) is 10.8 Å². The van der Waals surface area contributed by atoms with Crippen molar-refractivity contribution in [3.8, 4) is 0 Å². The van der Waals surface area contributed by atoms with E-state index in [1.807, 2.05) is 0 Å². The third-order valence-corrected chi connectivity index (χ3v) is 2.85. The highest BCUT2D eigenvalue weighted by molar-refractivity contribution is 6.04. The number of amides is 2. The van der Waals surface area contributed by atoms with Crippen molar-refractivity contribution in [2.24, 2.45) is 5.73 Å². The largest absolute Gasteiger partial charge is 0.394 e. The number of hydrogen-bond acceptors (Lipinski definition) is 4. The van der Waals surface area contributed by atoms with Crippen LogP contribution in [0.1, 0.15) is 11.6 Å². The standard InChI is InChI=1S/C12H15N3O3/c13-10(7-16)8-2-1-3-9(4-8)15-6-11(17)14-5-12(15)18/h1-4,10,16H,5-7,13H2,(H,14,17). The van der Waals surface area contributed by atoms with E-state index in [2.05, 4.69) is 5.32 Å². The fourth-order valence-corrected chi connectivity index (χ4v) is 1.82. The SMILES string of the molecule is NC(CO)c1cccc(N2CC(=O)NCC2=O)c1. The summed E-state index contributed by atoms with van der Waals surface area (Å²) < 4.78 is 0. The van der Waals surface area contributed by atoms with Crippen molar-refractivity contribution in [1.82, 2.24) is 5.32 Å². The molecule has 0 bridgehead atoms. The highest BCUT2D eigenvalue weighted by Crippen LogP contribution is 2.20. The minimum absolute atomic E-state index is 0.00904. The van der Waals surface area contributed by atoms with Gasteiger partial charge in [-0.2, -0.15) is 0 Å². The molecule has 0 radical (unpaired) electrons. The maximum Gasteiger partial charge on any atom is 0.246 e. The van der Waals surface area contributed by atoms with Gasteiger partial charge < -0.3 is 21.1 Å². The van der Waals surface area contributed by atoms with E-state index in [1.165, 1.54) is 4.90 Å². The van der Waals surface area contributed by atoms with Crippen LogP contribution in [-0.4, -0.2) is 36.6 Å². The molecule has 1 unspecified atom stereocenters. The Hall–Kier alpha value is -1.92. The minimum atomic E-state index is -0.487. The van der Waals surface area contributed by atoms with Crippen LogP contribution in [0, 0.1) is 0 Å². The highest BCUT2D eigenvalue weighted by Gasteiger charge is 2.24. The van der Waals surface area contributed by atoms with Crippen LogP contribution >= 0.6 is 0 Å². The molecule has 0 aromatic heterocycles. The smallest absolute Gasteiger partial charge is 0.246 e. The molecule has 6 heteroatoms. The number of rotatable bonds is 3. The van der Waals surface area contributed by atoms with Gasteiger partial charge in [0.1, 0.15) is 6.54 Å². The molecule has 18 heavy (non-hydrogen) atoms. The molecule has 4 N–H and O–H groups in total. The molecule has 2 rings (SSSR count). The van der Waals surface area contributed by atoms with Crippen molar-refractivity contribution in [1.29, 1.82) is 0 Å². The van der Waals surface area contributed by atoms with Crippen molar-refractivity contribution in [2.75, 3.05) is 24.6 Å². The summed E-state index contributed by atoms with van der Waals surface area (Å²) in [5.41, 5.74) is 7.07. The van der Waals surface area contributed by atoms with Crippen molar-refractivity contribution in [3.05, 3.63) is 29.8 Å². The topological polar surface area (TPSA) is 95.7 Å². The molecule has 1 aromatic rings. The number of aliphatic hydroxyl groups excluding tert-OH is 1. The van der Waals surface area contributed by atoms with Crippen molar-refractivity contribution in [3.63, 3.8) is 0 Å². The van der Waals surface area contributed by atoms with Crippen molar-refractivity contribution < 1.29 is 14.7 Å². The summed E-state index contributed by atoms with van der Waals surface area (Å²) in [4.78, 5) is 24.4. The van der Waals surface area contributed by atoms with Crippen molar-refractivity contribution >= 4 is 17.5 Å². The van der Waals surface area contributed by atoms with Gasteiger partial charge in [0.15, 0.2) is 0 Å². The Bertz CT molecular complexity index is 475. The Morgan fingerprint density at radius 3 is 2.94 bits per heavy atom. The predicted molar refractivity (Wildman–Crippen MR) is 65.8 cm³/mol. The van der Waals surface area contributed by atoms with Crippen LogP contribution in [0.15, 0.2) is 24.3 Å². The van der Waals surface area contributed by atoms with E-state index >= 15 is 0 Å². The Morgan fingerprint density at radius 1 is 1.44 bits per heavy atom. The van der Waals surface area contributed by atoms with Gasteiger partial charge in [-0.15, -0.1) is 0 Å². The number of carbonyl (C=O) groups is 2.